The van der Waals surface area contributed by atoms with E-state index in [0.29, 0.717) is 30.7 Å². The molecule has 0 spiro atoms. The van der Waals surface area contributed by atoms with E-state index in [0.717, 1.165) is 6.42 Å². The number of phosphoric acid groups is 1. The summed E-state index contributed by atoms with van der Waals surface area (Å²) in [7, 11) is 2.93. The molecule has 0 aromatic carbocycles. The molecule has 0 radical (unpaired) electrons. The summed E-state index contributed by atoms with van der Waals surface area (Å²) in [5.41, 5.74) is 0. The van der Waals surface area contributed by atoms with E-state index >= 15 is 0 Å². The van der Waals surface area contributed by atoms with Crippen molar-refractivity contribution in [2.75, 3.05) is 48.0 Å². The Morgan fingerprint density at radius 2 is 1.33 bits per heavy atom. The van der Waals surface area contributed by atoms with Crippen molar-refractivity contribution < 1.29 is 32.8 Å². The molecule has 0 heterocycles. The van der Waals surface area contributed by atoms with E-state index in [1.807, 2.05) is 21.1 Å². The third-order valence-corrected chi connectivity index (χ3v) is 5.67. The van der Waals surface area contributed by atoms with Crippen molar-refractivity contribution >= 4 is 7.82 Å². The zero-order valence-corrected chi connectivity index (χ0v) is 21.1. The van der Waals surface area contributed by atoms with Crippen molar-refractivity contribution in [3.05, 3.63) is 0 Å². The van der Waals surface area contributed by atoms with E-state index in [1.54, 1.807) is 7.11 Å². The van der Waals surface area contributed by atoms with E-state index < -0.39 is 13.9 Å². The lowest BCUT2D eigenvalue weighted by Gasteiger charge is -2.30. The molecular weight excluding hydrogens is 405 g/mol. The fraction of sp³-hybridized carbons (Fsp3) is 1.00. The van der Waals surface area contributed by atoms with Crippen molar-refractivity contribution in [1.29, 1.82) is 0 Å². The number of quaternary nitrogens is 1. The van der Waals surface area contributed by atoms with Crippen molar-refractivity contribution in [2.45, 2.75) is 96.2 Å². The summed E-state index contributed by atoms with van der Waals surface area (Å²) < 4.78 is 28.0. The van der Waals surface area contributed by atoms with E-state index in [-0.39, 0.29) is 6.10 Å². The number of unbranched alkanes of at least 4 members (excludes halogenated alkanes) is 10. The molecule has 0 amide bonds. The van der Waals surface area contributed by atoms with Crippen LogP contribution in [0.15, 0.2) is 0 Å². The molecule has 0 aliphatic rings. The molecule has 2 N–H and O–H groups in total. The van der Waals surface area contributed by atoms with Crippen LogP contribution in [0.3, 0.4) is 0 Å². The van der Waals surface area contributed by atoms with Gasteiger partial charge in [-0.05, 0) is 6.42 Å². The predicted molar refractivity (Wildman–Crippen MR) is 123 cm³/mol. The maximum absolute atomic E-state index is 11.3. The van der Waals surface area contributed by atoms with Crippen LogP contribution in [0.4, 0.5) is 0 Å². The highest BCUT2D eigenvalue weighted by atomic mass is 31.2. The van der Waals surface area contributed by atoms with Gasteiger partial charge in [0.15, 0.2) is 0 Å². The SMILES string of the molecule is CCCCCCCCCCCCCOCC(CC(C[N+](C)(C)C)OP(=O)(O)O)OC. The van der Waals surface area contributed by atoms with Gasteiger partial charge in [-0.1, -0.05) is 71.1 Å². The molecule has 182 valence electrons. The maximum atomic E-state index is 11.3. The first-order valence-electron chi connectivity index (χ1n) is 11.7. The van der Waals surface area contributed by atoms with Crippen LogP contribution in [0.2, 0.25) is 0 Å². The molecule has 0 fully saturated rings. The van der Waals surface area contributed by atoms with Crippen LogP contribution in [0, 0.1) is 0 Å². The zero-order chi connectivity index (χ0) is 22.9. The number of ether oxygens (including phenoxy) is 2. The van der Waals surface area contributed by atoms with Gasteiger partial charge in [0.25, 0.3) is 0 Å². The van der Waals surface area contributed by atoms with Gasteiger partial charge in [-0.25, -0.2) is 4.57 Å². The van der Waals surface area contributed by atoms with Gasteiger partial charge < -0.3 is 23.7 Å². The van der Waals surface area contributed by atoms with Gasteiger partial charge in [-0.2, -0.15) is 0 Å². The molecule has 8 heteroatoms. The number of phosphoric ester groups is 1. The Morgan fingerprint density at radius 3 is 1.77 bits per heavy atom. The number of likely N-dealkylation sites (N-methyl/N-ethyl adjacent to an activating group) is 1. The summed E-state index contributed by atoms with van der Waals surface area (Å²) in [6, 6.07) is 0. The standard InChI is InChI=1S/C22H48NO6P/c1-6-7-8-9-10-11-12-13-14-15-16-17-28-20-22(27-5)18-21(19-23(2,3)4)29-30(24,25)26/h21-22H,6-20H2,1-5H3,(H-,24,25,26)/p+1. The summed E-state index contributed by atoms with van der Waals surface area (Å²) in [5, 5.41) is 0. The van der Waals surface area contributed by atoms with Crippen LogP contribution in [-0.4, -0.2) is 74.5 Å². The zero-order valence-electron chi connectivity index (χ0n) is 20.2. The summed E-state index contributed by atoms with van der Waals surface area (Å²) >= 11 is 0. The molecule has 2 unspecified atom stereocenters. The van der Waals surface area contributed by atoms with Crippen LogP contribution in [0.25, 0.3) is 0 Å². The normalized spacial score (nSPS) is 14.8. The third kappa shape index (κ3) is 21.2. The lowest BCUT2D eigenvalue weighted by atomic mass is 10.1. The largest absolute Gasteiger partial charge is 0.470 e. The molecule has 0 bridgehead atoms. The topological polar surface area (TPSA) is 85.2 Å². The summed E-state index contributed by atoms with van der Waals surface area (Å²) in [6.45, 7) is 3.83. The van der Waals surface area contributed by atoms with E-state index in [2.05, 4.69) is 6.92 Å². The van der Waals surface area contributed by atoms with Crippen molar-refractivity contribution in [2.24, 2.45) is 0 Å². The maximum Gasteiger partial charge on any atom is 0.470 e. The molecular formula is C22H49NO6P+. The molecule has 2 atom stereocenters. The third-order valence-electron chi connectivity index (χ3n) is 5.09. The Bertz CT molecular complexity index is 438. The number of methoxy groups -OCH3 is 1. The van der Waals surface area contributed by atoms with Crippen LogP contribution < -0.4 is 0 Å². The average molecular weight is 455 g/mol. The number of nitrogens with zero attached hydrogens (tertiary/aromatic N) is 1. The lowest BCUT2D eigenvalue weighted by molar-refractivity contribution is -0.873. The summed E-state index contributed by atoms with van der Waals surface area (Å²) in [5.74, 6) is 0. The van der Waals surface area contributed by atoms with Gasteiger partial charge in [0.2, 0.25) is 0 Å². The highest BCUT2D eigenvalue weighted by Gasteiger charge is 2.29. The first-order chi connectivity index (χ1) is 14.1. The minimum absolute atomic E-state index is 0.249. The second kappa shape index (κ2) is 17.5. The number of hydrogen-bond acceptors (Lipinski definition) is 4. The molecule has 0 rings (SSSR count). The number of hydrogen-bond donors (Lipinski definition) is 2. The predicted octanol–water partition coefficient (Wildman–Crippen LogP) is 4.90. The molecule has 0 aromatic heterocycles. The van der Waals surface area contributed by atoms with Crippen LogP contribution in [0.1, 0.15) is 84.0 Å². The van der Waals surface area contributed by atoms with E-state index in [1.165, 1.54) is 64.2 Å². The minimum Gasteiger partial charge on any atom is -0.379 e. The monoisotopic (exact) mass is 454 g/mol. The van der Waals surface area contributed by atoms with Crippen molar-refractivity contribution in [1.82, 2.24) is 0 Å². The van der Waals surface area contributed by atoms with Gasteiger partial charge in [0.05, 0.1) is 33.9 Å². The molecule has 0 aromatic rings. The molecule has 30 heavy (non-hydrogen) atoms. The Kier molecular flexibility index (Phi) is 17.5. The smallest absolute Gasteiger partial charge is 0.379 e. The second-order valence-electron chi connectivity index (χ2n) is 9.39. The molecule has 0 saturated carbocycles. The van der Waals surface area contributed by atoms with Gasteiger partial charge in [0, 0.05) is 20.1 Å². The fourth-order valence-corrected chi connectivity index (χ4v) is 4.11. The molecule has 0 saturated heterocycles. The Hall–Kier alpha value is -0.0100. The molecule has 7 nitrogen and oxygen atoms in total. The van der Waals surface area contributed by atoms with Gasteiger partial charge >= 0.3 is 7.82 Å². The van der Waals surface area contributed by atoms with Crippen LogP contribution >= 0.6 is 7.82 Å². The van der Waals surface area contributed by atoms with E-state index in [9.17, 15) is 14.4 Å². The minimum atomic E-state index is -4.54. The highest BCUT2D eigenvalue weighted by Crippen LogP contribution is 2.39. The van der Waals surface area contributed by atoms with Crippen LogP contribution in [-0.2, 0) is 18.6 Å². The van der Waals surface area contributed by atoms with Crippen molar-refractivity contribution in [3.8, 4) is 0 Å². The second-order valence-corrected chi connectivity index (χ2v) is 10.6. The lowest BCUT2D eigenvalue weighted by Crippen LogP contribution is -2.43. The summed E-state index contributed by atoms with van der Waals surface area (Å²) in [4.78, 5) is 18.4. The quantitative estimate of drug-likeness (QED) is 0.146. The van der Waals surface area contributed by atoms with Gasteiger partial charge in [-0.15, -0.1) is 0 Å². The fourth-order valence-electron chi connectivity index (χ4n) is 3.56. The Balaban J connectivity index is 3.89. The molecule has 0 aliphatic carbocycles. The van der Waals surface area contributed by atoms with E-state index in [4.69, 9.17) is 14.0 Å². The average Bonchev–Trinajstić information content (AvgIpc) is 2.61. The Labute approximate surface area is 185 Å². The first kappa shape index (κ1) is 30.0. The Morgan fingerprint density at radius 1 is 0.833 bits per heavy atom. The van der Waals surface area contributed by atoms with Gasteiger partial charge in [-0.3, -0.25) is 4.52 Å². The van der Waals surface area contributed by atoms with Crippen molar-refractivity contribution in [3.63, 3.8) is 0 Å². The van der Waals surface area contributed by atoms with Gasteiger partial charge in [0.1, 0.15) is 12.6 Å². The molecule has 0 aliphatic heterocycles. The first-order valence-corrected chi connectivity index (χ1v) is 13.3. The summed E-state index contributed by atoms with van der Waals surface area (Å²) in [6.07, 6.45) is 13.9. The highest BCUT2D eigenvalue weighted by molar-refractivity contribution is 7.46. The van der Waals surface area contributed by atoms with Crippen LogP contribution in [0.5, 0.6) is 0 Å². The number of rotatable bonds is 21.